The lowest BCUT2D eigenvalue weighted by Gasteiger charge is -2.08. The lowest BCUT2D eigenvalue weighted by atomic mass is 10.0. The van der Waals surface area contributed by atoms with Gasteiger partial charge < -0.3 is 5.11 Å². The number of hydrogen-bond acceptors (Lipinski definition) is 6. The minimum atomic E-state index is -2.18. The lowest BCUT2D eigenvalue weighted by molar-refractivity contribution is 0.0682. The largest absolute Gasteiger partial charge is 0.477 e. The van der Waals surface area contributed by atoms with E-state index in [1.54, 1.807) is 28.7 Å². The molecule has 11 heteroatoms. The smallest absolute Gasteiger partial charge is 0.341 e. The Morgan fingerprint density at radius 3 is 1.54 bits per heavy atom. The predicted molar refractivity (Wildman–Crippen MR) is 131 cm³/mol. The second kappa shape index (κ2) is 9.15. The molecule has 0 radical (unpaired) electrons. The van der Waals surface area contributed by atoms with Gasteiger partial charge in [-0.05, 0) is 47.8 Å². The van der Waals surface area contributed by atoms with Crippen LogP contribution >= 0.6 is 45.3 Å². The van der Waals surface area contributed by atoms with Crippen molar-refractivity contribution in [1.82, 2.24) is 0 Å². The molecule has 0 aliphatic carbocycles. The number of benzene rings is 1. The number of rotatable bonds is 6. The maximum atomic E-state index is 14.4. The number of thiophene rings is 4. The van der Waals surface area contributed by atoms with Crippen LogP contribution in [0, 0.1) is 23.3 Å². The summed E-state index contributed by atoms with van der Waals surface area (Å²) in [5.41, 5.74) is -3.25. The van der Waals surface area contributed by atoms with Crippen LogP contribution in [-0.4, -0.2) is 16.9 Å². The summed E-state index contributed by atoms with van der Waals surface area (Å²) >= 11 is 5.67. The van der Waals surface area contributed by atoms with Gasteiger partial charge in [0.1, 0.15) is 11.1 Å². The summed E-state index contributed by atoms with van der Waals surface area (Å²) in [6, 6.07) is 14.8. The van der Waals surface area contributed by atoms with Crippen LogP contribution in [0.2, 0.25) is 0 Å². The fraction of sp³-hybridized carbons (Fsp3) is 0. The number of hydrogen-bond donors (Lipinski definition) is 1. The van der Waals surface area contributed by atoms with Crippen molar-refractivity contribution >= 4 is 57.1 Å². The van der Waals surface area contributed by atoms with Gasteiger partial charge in [0.15, 0.2) is 23.3 Å². The predicted octanol–water partition coefficient (Wildman–Crippen LogP) is 8.42. The van der Waals surface area contributed by atoms with Crippen molar-refractivity contribution in [1.29, 1.82) is 0 Å². The standard InChI is InChI=1S/C24H10F4O3S4/c25-19-17(20(26)22(28)18(21(19)27)24(30)31)23(29)16-8-7-15(35-16)14-6-5-13(34-14)12-4-3-11(33-12)10-2-1-9-32-10/h1-9H,(H,30,31). The van der Waals surface area contributed by atoms with Gasteiger partial charge in [-0.15, -0.1) is 45.3 Å². The normalized spacial score (nSPS) is 11.2. The van der Waals surface area contributed by atoms with Gasteiger partial charge in [0, 0.05) is 29.3 Å². The zero-order valence-electron chi connectivity index (χ0n) is 17.1. The Morgan fingerprint density at radius 1 is 0.600 bits per heavy atom. The van der Waals surface area contributed by atoms with Crippen LogP contribution in [0.5, 0.6) is 0 Å². The van der Waals surface area contributed by atoms with E-state index in [0.29, 0.717) is 4.88 Å². The SMILES string of the molecule is O=C(O)c1c(F)c(F)c(C(=O)c2ccc(-c3ccc(-c4ccc(-c5cccs5)s4)s3)s2)c(F)c1F. The number of ketones is 1. The molecule has 5 aromatic rings. The first-order chi connectivity index (χ1) is 16.8. The number of carbonyl (C=O) groups excluding carboxylic acids is 1. The average Bonchev–Trinajstić information content (AvgIpc) is 3.62. The highest BCUT2D eigenvalue weighted by molar-refractivity contribution is 7.28. The van der Waals surface area contributed by atoms with Crippen molar-refractivity contribution in [3.8, 4) is 29.3 Å². The van der Waals surface area contributed by atoms with E-state index >= 15 is 0 Å². The van der Waals surface area contributed by atoms with Gasteiger partial charge in [-0.3, -0.25) is 4.79 Å². The van der Waals surface area contributed by atoms with Gasteiger partial charge in [-0.25, -0.2) is 22.4 Å². The topological polar surface area (TPSA) is 54.4 Å². The third kappa shape index (κ3) is 4.14. The molecule has 176 valence electrons. The Morgan fingerprint density at radius 2 is 1.06 bits per heavy atom. The summed E-state index contributed by atoms with van der Waals surface area (Å²) in [6.07, 6.45) is 0. The molecule has 0 unspecified atom stereocenters. The first-order valence-electron chi connectivity index (χ1n) is 9.74. The number of carboxylic acids is 1. The molecular weight excluding hydrogens is 541 g/mol. The number of carbonyl (C=O) groups is 2. The third-order valence-corrected chi connectivity index (χ3v) is 9.71. The second-order valence-corrected chi connectivity index (χ2v) is 11.3. The Kier molecular flexibility index (Phi) is 6.18. The Bertz CT molecular complexity index is 1570. The van der Waals surface area contributed by atoms with Crippen molar-refractivity contribution < 1.29 is 32.3 Å². The highest BCUT2D eigenvalue weighted by Crippen LogP contribution is 2.42. The molecule has 1 aromatic carbocycles. The Hall–Kier alpha value is -3.12. The fourth-order valence-corrected chi connectivity index (χ4v) is 7.34. The highest BCUT2D eigenvalue weighted by Gasteiger charge is 2.33. The number of aromatic carboxylic acids is 1. The number of carboxylic acid groups (broad SMARTS) is 1. The zero-order chi connectivity index (χ0) is 24.9. The molecule has 0 amide bonds. The van der Waals surface area contributed by atoms with Crippen LogP contribution in [-0.2, 0) is 0 Å². The molecule has 0 aliphatic heterocycles. The van der Waals surface area contributed by atoms with E-state index in [4.69, 9.17) is 5.11 Å². The number of halogens is 4. The summed E-state index contributed by atoms with van der Waals surface area (Å²) < 4.78 is 56.8. The van der Waals surface area contributed by atoms with Gasteiger partial charge in [-0.2, -0.15) is 0 Å². The van der Waals surface area contributed by atoms with E-state index in [9.17, 15) is 27.2 Å². The van der Waals surface area contributed by atoms with E-state index in [1.807, 2.05) is 41.8 Å². The molecule has 0 saturated heterocycles. The molecule has 1 N–H and O–H groups in total. The first-order valence-corrected chi connectivity index (χ1v) is 13.1. The molecule has 0 saturated carbocycles. The van der Waals surface area contributed by atoms with Crippen LogP contribution in [0.1, 0.15) is 25.6 Å². The summed E-state index contributed by atoms with van der Waals surface area (Å²) in [6.45, 7) is 0. The monoisotopic (exact) mass is 550 g/mol. The lowest BCUT2D eigenvalue weighted by Crippen LogP contribution is -2.16. The second-order valence-electron chi connectivity index (χ2n) is 7.11. The average molecular weight is 551 g/mol. The van der Waals surface area contributed by atoms with E-state index in [2.05, 4.69) is 0 Å². The molecule has 0 spiro atoms. The van der Waals surface area contributed by atoms with Crippen LogP contribution < -0.4 is 0 Å². The minimum Gasteiger partial charge on any atom is -0.477 e. The molecule has 0 fully saturated rings. The molecule has 0 bridgehead atoms. The van der Waals surface area contributed by atoms with Crippen molar-refractivity contribution in [2.45, 2.75) is 0 Å². The van der Waals surface area contributed by atoms with Gasteiger partial charge in [0.25, 0.3) is 0 Å². The summed E-state index contributed by atoms with van der Waals surface area (Å²) in [7, 11) is 0. The van der Waals surface area contributed by atoms with Gasteiger partial charge >= 0.3 is 5.97 Å². The van der Waals surface area contributed by atoms with Crippen LogP contribution in [0.4, 0.5) is 17.6 Å². The molecule has 35 heavy (non-hydrogen) atoms. The van der Waals surface area contributed by atoms with E-state index in [-0.39, 0.29) is 4.88 Å². The molecule has 0 aliphatic rings. The minimum absolute atomic E-state index is 0.147. The maximum Gasteiger partial charge on any atom is 0.341 e. The third-order valence-electron chi connectivity index (χ3n) is 5.00. The van der Waals surface area contributed by atoms with Crippen LogP contribution in [0.25, 0.3) is 29.3 Å². The summed E-state index contributed by atoms with van der Waals surface area (Å²) in [5, 5.41) is 10.8. The van der Waals surface area contributed by atoms with Crippen molar-refractivity contribution in [3.63, 3.8) is 0 Å². The molecule has 3 nitrogen and oxygen atoms in total. The molecule has 0 atom stereocenters. The van der Waals surface area contributed by atoms with E-state index < -0.39 is 46.1 Å². The van der Waals surface area contributed by atoms with Crippen molar-refractivity contribution in [3.05, 3.63) is 93.2 Å². The van der Waals surface area contributed by atoms with Crippen molar-refractivity contribution in [2.75, 3.05) is 0 Å². The van der Waals surface area contributed by atoms with E-state index in [0.717, 1.165) is 30.8 Å². The zero-order valence-corrected chi connectivity index (χ0v) is 20.4. The van der Waals surface area contributed by atoms with Gasteiger partial charge in [-0.1, -0.05) is 6.07 Å². The first kappa shape index (κ1) is 23.6. The Labute approximate surface area is 211 Å². The fourth-order valence-electron chi connectivity index (χ4n) is 3.36. The quantitative estimate of drug-likeness (QED) is 0.131. The Balaban J connectivity index is 1.44. The summed E-state index contributed by atoms with van der Waals surface area (Å²) in [4.78, 5) is 29.3. The molecule has 4 aromatic heterocycles. The maximum absolute atomic E-state index is 14.4. The molecule has 4 heterocycles. The summed E-state index contributed by atoms with van der Waals surface area (Å²) in [5.74, 6) is -11.8. The molecular formula is C24H10F4O3S4. The van der Waals surface area contributed by atoms with E-state index in [1.165, 1.54) is 22.3 Å². The van der Waals surface area contributed by atoms with Gasteiger partial charge in [0.2, 0.25) is 5.78 Å². The van der Waals surface area contributed by atoms with Gasteiger partial charge in [0.05, 0.1) is 4.88 Å². The molecule has 5 rings (SSSR count). The van der Waals surface area contributed by atoms with Crippen LogP contribution in [0.15, 0.2) is 53.9 Å². The van der Waals surface area contributed by atoms with Crippen molar-refractivity contribution in [2.24, 2.45) is 0 Å². The van der Waals surface area contributed by atoms with Crippen LogP contribution in [0.3, 0.4) is 0 Å². The highest BCUT2D eigenvalue weighted by atomic mass is 32.1.